The summed E-state index contributed by atoms with van der Waals surface area (Å²) in [7, 11) is 3.11. The minimum atomic E-state index is -0.387. The van der Waals surface area contributed by atoms with E-state index in [-0.39, 0.29) is 18.4 Å². The van der Waals surface area contributed by atoms with E-state index in [4.69, 9.17) is 9.47 Å². The topological polar surface area (TPSA) is 76.7 Å². The summed E-state index contributed by atoms with van der Waals surface area (Å²) in [4.78, 5) is 24.0. The van der Waals surface area contributed by atoms with Crippen LogP contribution in [-0.2, 0) is 9.59 Å². The molecule has 0 aliphatic carbocycles. The van der Waals surface area contributed by atoms with Crippen LogP contribution in [0.2, 0.25) is 0 Å². The van der Waals surface area contributed by atoms with Crippen molar-refractivity contribution < 1.29 is 19.1 Å². The van der Waals surface area contributed by atoms with Crippen LogP contribution in [0.25, 0.3) is 6.08 Å². The molecule has 0 aliphatic heterocycles. The molecule has 2 aromatic carbocycles. The maximum atomic E-state index is 12.0. The quantitative estimate of drug-likeness (QED) is 0.655. The number of anilines is 1. The van der Waals surface area contributed by atoms with Crippen molar-refractivity contribution in [1.82, 2.24) is 5.32 Å². The first kappa shape index (κ1) is 20.5. The minimum Gasteiger partial charge on any atom is -0.497 e. The number of nitrogens with one attached hydrogen (secondary N) is 2. The highest BCUT2D eigenvalue weighted by Crippen LogP contribution is 2.25. The van der Waals surface area contributed by atoms with Gasteiger partial charge in [-0.25, -0.2) is 0 Å². The highest BCUT2D eigenvalue weighted by molar-refractivity contribution is 9.10. The smallest absolute Gasteiger partial charge is 0.244 e. The van der Waals surface area contributed by atoms with Gasteiger partial charge in [0.15, 0.2) is 0 Å². The monoisotopic (exact) mass is 432 g/mol. The van der Waals surface area contributed by atoms with Gasteiger partial charge >= 0.3 is 0 Å². The average molecular weight is 433 g/mol. The van der Waals surface area contributed by atoms with Crippen molar-refractivity contribution in [2.45, 2.75) is 6.92 Å². The first-order valence-electron chi connectivity index (χ1n) is 8.17. The number of benzene rings is 2. The van der Waals surface area contributed by atoms with E-state index in [0.717, 1.165) is 10.0 Å². The Balaban J connectivity index is 1.92. The van der Waals surface area contributed by atoms with Gasteiger partial charge in [0.25, 0.3) is 0 Å². The summed E-state index contributed by atoms with van der Waals surface area (Å²) in [5.41, 5.74) is 2.32. The second-order valence-electron chi connectivity index (χ2n) is 5.67. The molecule has 0 atom stereocenters. The number of rotatable bonds is 7. The zero-order valence-corrected chi connectivity index (χ0v) is 16.9. The van der Waals surface area contributed by atoms with Crippen LogP contribution in [0.1, 0.15) is 11.1 Å². The maximum absolute atomic E-state index is 12.0. The number of methoxy groups -OCH3 is 2. The second kappa shape index (κ2) is 9.78. The fourth-order valence-corrected chi connectivity index (χ4v) is 2.80. The lowest BCUT2D eigenvalue weighted by Gasteiger charge is -2.09. The van der Waals surface area contributed by atoms with Crippen LogP contribution in [0.5, 0.6) is 11.5 Å². The number of carbonyl (C=O) groups excluding carboxylic acids is 2. The lowest BCUT2D eigenvalue weighted by Crippen LogP contribution is -2.31. The molecule has 0 aromatic heterocycles. The maximum Gasteiger partial charge on any atom is 0.244 e. The normalized spacial score (nSPS) is 10.5. The van der Waals surface area contributed by atoms with Gasteiger partial charge in [0.1, 0.15) is 11.5 Å². The Morgan fingerprint density at radius 1 is 1.11 bits per heavy atom. The molecule has 6 nitrogen and oxygen atoms in total. The third-order valence-corrected chi connectivity index (χ3v) is 4.23. The van der Waals surface area contributed by atoms with Gasteiger partial charge in [-0.05, 0) is 55.0 Å². The van der Waals surface area contributed by atoms with Crippen molar-refractivity contribution in [2.75, 3.05) is 26.1 Å². The van der Waals surface area contributed by atoms with E-state index in [1.807, 2.05) is 19.1 Å². The van der Waals surface area contributed by atoms with Crippen LogP contribution in [0, 0.1) is 6.92 Å². The van der Waals surface area contributed by atoms with Crippen LogP contribution in [0.3, 0.4) is 0 Å². The van der Waals surface area contributed by atoms with Crippen LogP contribution >= 0.6 is 15.9 Å². The predicted molar refractivity (Wildman–Crippen MR) is 109 cm³/mol. The third kappa shape index (κ3) is 6.14. The molecule has 7 heteroatoms. The van der Waals surface area contributed by atoms with Gasteiger partial charge < -0.3 is 20.1 Å². The van der Waals surface area contributed by atoms with Gasteiger partial charge in [-0.2, -0.15) is 0 Å². The van der Waals surface area contributed by atoms with Crippen molar-refractivity contribution in [1.29, 1.82) is 0 Å². The standard InChI is InChI=1S/C20H21BrN2O4/c1-13-10-15(21)5-7-17(13)23-20(25)12-22-19(24)9-4-14-11-16(26-2)6-8-18(14)27-3/h4-11H,12H2,1-3H3,(H,22,24)(H,23,25)/b9-4+. The summed E-state index contributed by atoms with van der Waals surface area (Å²) in [6.45, 7) is 1.76. The number of hydrogen-bond acceptors (Lipinski definition) is 4. The number of amides is 2. The summed E-state index contributed by atoms with van der Waals surface area (Å²) in [5.74, 6) is 0.576. The van der Waals surface area contributed by atoms with E-state index < -0.39 is 0 Å². The molecule has 0 spiro atoms. The molecule has 27 heavy (non-hydrogen) atoms. The van der Waals surface area contributed by atoms with Gasteiger partial charge in [-0.15, -0.1) is 0 Å². The molecule has 0 heterocycles. The first-order chi connectivity index (χ1) is 12.9. The number of halogens is 1. The summed E-state index contributed by atoms with van der Waals surface area (Å²) in [6, 6.07) is 10.8. The fraction of sp³-hybridized carbons (Fsp3) is 0.200. The molecule has 0 radical (unpaired) electrons. The Morgan fingerprint density at radius 3 is 2.56 bits per heavy atom. The molecule has 142 valence electrons. The summed E-state index contributed by atoms with van der Waals surface area (Å²) in [5, 5.41) is 5.32. The van der Waals surface area contributed by atoms with E-state index in [1.54, 1.807) is 44.6 Å². The highest BCUT2D eigenvalue weighted by atomic mass is 79.9. The summed E-state index contributed by atoms with van der Waals surface area (Å²) >= 11 is 3.37. The SMILES string of the molecule is COc1ccc(OC)c(/C=C/C(=O)NCC(=O)Nc2ccc(Br)cc2C)c1. The fourth-order valence-electron chi connectivity index (χ4n) is 2.32. The van der Waals surface area contributed by atoms with Crippen molar-refractivity contribution >= 4 is 39.5 Å². The summed E-state index contributed by atoms with van der Waals surface area (Å²) < 4.78 is 11.4. The molecule has 0 aliphatic rings. The zero-order valence-electron chi connectivity index (χ0n) is 15.3. The van der Waals surface area contributed by atoms with Gasteiger partial charge in [-0.1, -0.05) is 15.9 Å². The molecule has 2 amide bonds. The predicted octanol–water partition coefficient (Wildman–Crippen LogP) is 3.54. The van der Waals surface area contributed by atoms with Crippen LogP contribution in [0.15, 0.2) is 46.9 Å². The minimum absolute atomic E-state index is 0.131. The average Bonchev–Trinajstić information content (AvgIpc) is 2.66. The number of ether oxygens (including phenoxy) is 2. The number of hydrogen-bond donors (Lipinski definition) is 2. The van der Waals surface area contributed by atoms with E-state index in [0.29, 0.717) is 22.7 Å². The largest absolute Gasteiger partial charge is 0.497 e. The molecular formula is C20H21BrN2O4. The Labute approximate surface area is 166 Å². The van der Waals surface area contributed by atoms with E-state index in [9.17, 15) is 9.59 Å². The van der Waals surface area contributed by atoms with E-state index in [2.05, 4.69) is 26.6 Å². The molecule has 0 saturated carbocycles. The lowest BCUT2D eigenvalue weighted by atomic mass is 10.1. The van der Waals surface area contributed by atoms with E-state index in [1.165, 1.54) is 6.08 Å². The molecule has 0 fully saturated rings. The molecule has 0 saturated heterocycles. The molecule has 0 bridgehead atoms. The lowest BCUT2D eigenvalue weighted by molar-refractivity contribution is -0.121. The third-order valence-electron chi connectivity index (χ3n) is 3.74. The number of carbonyl (C=O) groups is 2. The van der Waals surface area contributed by atoms with Gasteiger partial charge in [0.2, 0.25) is 11.8 Å². The van der Waals surface area contributed by atoms with Gasteiger partial charge in [0.05, 0.1) is 20.8 Å². The molecule has 2 rings (SSSR count). The Bertz CT molecular complexity index is 865. The first-order valence-corrected chi connectivity index (χ1v) is 8.96. The van der Waals surface area contributed by atoms with Crippen molar-refractivity contribution in [2.24, 2.45) is 0 Å². The van der Waals surface area contributed by atoms with Crippen LogP contribution in [0.4, 0.5) is 5.69 Å². The number of aryl methyl sites for hydroxylation is 1. The Morgan fingerprint density at radius 2 is 1.89 bits per heavy atom. The molecular weight excluding hydrogens is 412 g/mol. The Hall–Kier alpha value is -2.80. The summed E-state index contributed by atoms with van der Waals surface area (Å²) in [6.07, 6.45) is 2.95. The van der Waals surface area contributed by atoms with Crippen molar-refractivity contribution in [3.63, 3.8) is 0 Å². The molecule has 0 unspecified atom stereocenters. The van der Waals surface area contributed by atoms with Crippen LogP contribution < -0.4 is 20.1 Å². The highest BCUT2D eigenvalue weighted by Gasteiger charge is 2.07. The van der Waals surface area contributed by atoms with Gasteiger partial charge in [-0.3, -0.25) is 9.59 Å². The second-order valence-corrected chi connectivity index (χ2v) is 6.58. The van der Waals surface area contributed by atoms with Crippen molar-refractivity contribution in [3.8, 4) is 11.5 Å². The van der Waals surface area contributed by atoms with E-state index >= 15 is 0 Å². The van der Waals surface area contributed by atoms with Gasteiger partial charge in [0, 0.05) is 21.8 Å². The molecule has 2 aromatic rings. The van der Waals surface area contributed by atoms with Crippen LogP contribution in [-0.4, -0.2) is 32.6 Å². The Kier molecular flexibility index (Phi) is 7.43. The zero-order chi connectivity index (χ0) is 19.8. The van der Waals surface area contributed by atoms with Crippen molar-refractivity contribution in [3.05, 3.63) is 58.1 Å². The molecule has 2 N–H and O–H groups in total.